The lowest BCUT2D eigenvalue weighted by Gasteiger charge is -2.41. The van der Waals surface area contributed by atoms with Gasteiger partial charge in [0.25, 0.3) is 0 Å². The molecule has 1 aliphatic rings. The van der Waals surface area contributed by atoms with Gasteiger partial charge < -0.3 is 20.1 Å². The molecule has 0 aromatic heterocycles. The smallest absolute Gasteiger partial charge is 0.322 e. The molecule has 0 bridgehead atoms. The van der Waals surface area contributed by atoms with Gasteiger partial charge in [-0.1, -0.05) is 18.5 Å². The minimum absolute atomic E-state index is 0.161. The molecule has 2 unspecified atom stereocenters. The number of β-amino-alcohol motifs (C(OH)–C–C–N with tert-alkyl or cyclic N) is 1. The summed E-state index contributed by atoms with van der Waals surface area (Å²) >= 11 is 6.01. The summed E-state index contributed by atoms with van der Waals surface area (Å²) in [6.45, 7) is 6.54. The fraction of sp³-hybridized carbons (Fsp3) is 0.588. The number of nitrogens with one attached hydrogen (secondary N) is 1. The van der Waals surface area contributed by atoms with Crippen LogP contribution in [-0.2, 0) is 0 Å². The van der Waals surface area contributed by atoms with E-state index < -0.39 is 0 Å². The Morgan fingerprint density at radius 2 is 2.25 bits per heavy atom. The van der Waals surface area contributed by atoms with Gasteiger partial charge in [-0.25, -0.2) is 4.79 Å². The molecule has 0 aliphatic carbocycles. The van der Waals surface area contributed by atoms with Crippen molar-refractivity contribution in [2.75, 3.05) is 38.6 Å². The van der Waals surface area contributed by atoms with Crippen molar-refractivity contribution >= 4 is 23.3 Å². The number of anilines is 1. The van der Waals surface area contributed by atoms with Gasteiger partial charge in [0.05, 0.1) is 18.9 Å². The number of carbonyl (C=O) groups excluding carboxylic acids is 1. The molecule has 2 rings (SSSR count). The quantitative estimate of drug-likeness (QED) is 0.852. The zero-order valence-electron chi connectivity index (χ0n) is 14.5. The average Bonchev–Trinajstić information content (AvgIpc) is 2.54. The third-order valence-corrected chi connectivity index (χ3v) is 4.50. The summed E-state index contributed by atoms with van der Waals surface area (Å²) < 4.78 is 5.26. The summed E-state index contributed by atoms with van der Waals surface area (Å²) in [7, 11) is 1.56. The van der Waals surface area contributed by atoms with Crippen LogP contribution in [0, 0.1) is 0 Å². The van der Waals surface area contributed by atoms with Crippen LogP contribution in [-0.4, -0.2) is 66.4 Å². The number of aliphatic hydroxyl groups is 1. The molecular formula is C17H26ClN3O3. The number of hydrogen-bond donors (Lipinski definition) is 2. The first-order valence-electron chi connectivity index (χ1n) is 8.26. The third kappa shape index (κ3) is 4.75. The highest BCUT2D eigenvalue weighted by molar-refractivity contribution is 6.31. The number of rotatable bonds is 5. The zero-order chi connectivity index (χ0) is 17.7. The van der Waals surface area contributed by atoms with Gasteiger partial charge in [0.1, 0.15) is 5.75 Å². The van der Waals surface area contributed by atoms with E-state index in [0.717, 1.165) is 13.0 Å². The van der Waals surface area contributed by atoms with Crippen LogP contribution < -0.4 is 10.1 Å². The van der Waals surface area contributed by atoms with Crippen molar-refractivity contribution in [2.24, 2.45) is 0 Å². The van der Waals surface area contributed by atoms with E-state index in [1.165, 1.54) is 0 Å². The van der Waals surface area contributed by atoms with E-state index in [9.17, 15) is 9.90 Å². The normalized spacial score (nSPS) is 19.9. The Hall–Kier alpha value is -1.50. The predicted molar refractivity (Wildman–Crippen MR) is 95.9 cm³/mol. The van der Waals surface area contributed by atoms with Gasteiger partial charge in [0.15, 0.2) is 0 Å². The van der Waals surface area contributed by atoms with Gasteiger partial charge in [-0.2, -0.15) is 0 Å². The molecule has 2 N–H and O–H groups in total. The number of benzene rings is 1. The van der Waals surface area contributed by atoms with Gasteiger partial charge >= 0.3 is 6.03 Å². The molecule has 1 fully saturated rings. The van der Waals surface area contributed by atoms with Crippen molar-refractivity contribution in [1.29, 1.82) is 0 Å². The molecule has 1 aliphatic heterocycles. The first-order valence-corrected chi connectivity index (χ1v) is 8.64. The third-order valence-electron chi connectivity index (χ3n) is 4.26. The van der Waals surface area contributed by atoms with Crippen LogP contribution in [0.3, 0.4) is 0 Å². The molecule has 1 aromatic rings. The number of urea groups is 1. The number of aliphatic hydroxyl groups excluding tert-OH is 1. The molecule has 134 valence electrons. The van der Waals surface area contributed by atoms with E-state index in [4.69, 9.17) is 16.3 Å². The Balaban J connectivity index is 2.02. The van der Waals surface area contributed by atoms with Gasteiger partial charge in [-0.05, 0) is 31.5 Å². The SMILES string of the molecule is CCC1CN(C(=O)Nc2cc(Cl)ccc2OC)CCN1CC(C)O. The minimum Gasteiger partial charge on any atom is -0.495 e. The fourth-order valence-corrected chi connectivity index (χ4v) is 3.19. The second-order valence-electron chi connectivity index (χ2n) is 6.13. The average molecular weight is 356 g/mol. The zero-order valence-corrected chi connectivity index (χ0v) is 15.2. The van der Waals surface area contributed by atoms with E-state index in [1.54, 1.807) is 37.1 Å². The molecule has 2 amide bonds. The summed E-state index contributed by atoms with van der Waals surface area (Å²) in [5.74, 6) is 0.576. The van der Waals surface area contributed by atoms with E-state index in [0.29, 0.717) is 36.1 Å². The molecule has 0 saturated carbocycles. The maximum atomic E-state index is 12.6. The number of hydrogen-bond acceptors (Lipinski definition) is 4. The largest absolute Gasteiger partial charge is 0.495 e. The Labute approximate surface area is 148 Å². The van der Waals surface area contributed by atoms with Gasteiger partial charge in [-0.3, -0.25) is 4.90 Å². The van der Waals surface area contributed by atoms with Gasteiger partial charge in [-0.15, -0.1) is 0 Å². The summed E-state index contributed by atoms with van der Waals surface area (Å²) in [5, 5.41) is 13.0. The summed E-state index contributed by atoms with van der Waals surface area (Å²) in [6.07, 6.45) is 0.562. The van der Waals surface area contributed by atoms with Crippen molar-refractivity contribution in [3.8, 4) is 5.75 Å². The number of nitrogens with zero attached hydrogens (tertiary/aromatic N) is 2. The molecule has 6 nitrogen and oxygen atoms in total. The van der Waals surface area contributed by atoms with Crippen LogP contribution in [0.25, 0.3) is 0 Å². The second-order valence-corrected chi connectivity index (χ2v) is 6.56. The monoisotopic (exact) mass is 355 g/mol. The Bertz CT molecular complexity index is 568. The van der Waals surface area contributed by atoms with Crippen LogP contribution in [0.5, 0.6) is 5.75 Å². The number of ether oxygens (including phenoxy) is 1. The Morgan fingerprint density at radius 3 is 2.88 bits per heavy atom. The standard InChI is InChI=1S/C17H26ClN3O3/c1-4-14-11-21(8-7-20(14)10-12(2)22)17(23)19-15-9-13(18)5-6-16(15)24-3/h5-6,9,12,14,22H,4,7-8,10-11H2,1-3H3,(H,19,23). The molecule has 1 saturated heterocycles. The van der Waals surface area contributed by atoms with Crippen molar-refractivity contribution < 1.29 is 14.6 Å². The van der Waals surface area contributed by atoms with Crippen LogP contribution in [0.1, 0.15) is 20.3 Å². The van der Waals surface area contributed by atoms with Gasteiger partial charge in [0.2, 0.25) is 0 Å². The first kappa shape index (κ1) is 18.8. The molecular weight excluding hydrogens is 330 g/mol. The number of amides is 2. The first-order chi connectivity index (χ1) is 11.4. The summed E-state index contributed by atoms with van der Waals surface area (Å²) in [6, 6.07) is 5.22. The molecule has 0 radical (unpaired) electrons. The van der Waals surface area contributed by atoms with Crippen molar-refractivity contribution in [3.05, 3.63) is 23.2 Å². The minimum atomic E-state index is -0.366. The maximum Gasteiger partial charge on any atom is 0.322 e. The molecule has 0 spiro atoms. The van der Waals surface area contributed by atoms with Crippen molar-refractivity contribution in [3.63, 3.8) is 0 Å². The highest BCUT2D eigenvalue weighted by Gasteiger charge is 2.29. The molecule has 2 atom stereocenters. The molecule has 7 heteroatoms. The van der Waals surface area contributed by atoms with Crippen LogP contribution in [0.4, 0.5) is 10.5 Å². The summed E-state index contributed by atoms with van der Waals surface area (Å²) in [5.41, 5.74) is 0.564. The maximum absolute atomic E-state index is 12.6. The molecule has 24 heavy (non-hydrogen) atoms. The van der Waals surface area contributed by atoms with E-state index >= 15 is 0 Å². The lowest BCUT2D eigenvalue weighted by molar-refractivity contribution is 0.0506. The second kappa shape index (κ2) is 8.55. The highest BCUT2D eigenvalue weighted by Crippen LogP contribution is 2.28. The molecule has 1 heterocycles. The Kier molecular flexibility index (Phi) is 6.71. The van der Waals surface area contributed by atoms with Crippen LogP contribution in [0.2, 0.25) is 5.02 Å². The van der Waals surface area contributed by atoms with Crippen LogP contribution >= 0.6 is 11.6 Å². The van der Waals surface area contributed by atoms with E-state index in [2.05, 4.69) is 17.1 Å². The van der Waals surface area contributed by atoms with Crippen molar-refractivity contribution in [2.45, 2.75) is 32.4 Å². The lowest BCUT2D eigenvalue weighted by atomic mass is 10.1. The highest BCUT2D eigenvalue weighted by atomic mass is 35.5. The topological polar surface area (TPSA) is 65.0 Å². The van der Waals surface area contributed by atoms with Crippen molar-refractivity contribution in [1.82, 2.24) is 9.80 Å². The number of halogens is 1. The Morgan fingerprint density at radius 1 is 1.50 bits per heavy atom. The van der Waals surface area contributed by atoms with E-state index in [-0.39, 0.29) is 18.2 Å². The van der Waals surface area contributed by atoms with Crippen LogP contribution in [0.15, 0.2) is 18.2 Å². The number of carbonyl (C=O) groups is 1. The lowest BCUT2D eigenvalue weighted by Crippen LogP contribution is -2.56. The fourth-order valence-electron chi connectivity index (χ4n) is 3.02. The summed E-state index contributed by atoms with van der Waals surface area (Å²) in [4.78, 5) is 16.6. The number of methoxy groups -OCH3 is 1. The predicted octanol–water partition coefficient (Wildman–Crippen LogP) is 2.66. The number of piperazine rings is 1. The van der Waals surface area contributed by atoms with Gasteiger partial charge in [0, 0.05) is 37.2 Å². The van der Waals surface area contributed by atoms with E-state index in [1.807, 2.05) is 0 Å². The molecule has 1 aromatic carbocycles.